The van der Waals surface area contributed by atoms with Crippen LogP contribution in [0.4, 0.5) is 5.69 Å². The Labute approximate surface area is 163 Å². The van der Waals surface area contributed by atoms with Gasteiger partial charge < -0.3 is 14.1 Å². The first-order chi connectivity index (χ1) is 13.7. The van der Waals surface area contributed by atoms with Gasteiger partial charge in [-0.3, -0.25) is 4.79 Å². The molecular weight excluding hydrogens is 354 g/mol. The molecule has 6 heteroatoms. The molecule has 6 nitrogen and oxygen atoms in total. The number of hydrazone groups is 1. The van der Waals surface area contributed by atoms with Crippen molar-refractivity contribution < 1.29 is 13.9 Å². The van der Waals surface area contributed by atoms with Crippen molar-refractivity contribution >= 4 is 28.8 Å². The fourth-order valence-corrected chi connectivity index (χ4v) is 3.46. The third-order valence-electron chi connectivity index (χ3n) is 4.96. The Morgan fingerprint density at radius 2 is 1.96 bits per heavy atom. The number of hydrogen-bond acceptors (Lipinski definition) is 5. The summed E-state index contributed by atoms with van der Waals surface area (Å²) >= 11 is 0. The number of amides is 1. The molecule has 0 atom stereocenters. The molecule has 1 amide bonds. The average molecular weight is 377 g/mol. The normalized spacial score (nSPS) is 14.5. The van der Waals surface area contributed by atoms with Gasteiger partial charge in [-0.2, -0.15) is 5.10 Å². The number of ether oxygens (including phenoxy) is 1. The summed E-state index contributed by atoms with van der Waals surface area (Å²) in [7, 11) is 1.64. The third kappa shape index (κ3) is 3.86. The van der Waals surface area contributed by atoms with Crippen LogP contribution in [0.2, 0.25) is 0 Å². The van der Waals surface area contributed by atoms with E-state index in [-0.39, 0.29) is 5.76 Å². The van der Waals surface area contributed by atoms with Crippen LogP contribution < -0.4 is 15.1 Å². The number of hydrogen-bond donors (Lipinski definition) is 1. The van der Waals surface area contributed by atoms with Crippen molar-refractivity contribution in [3.63, 3.8) is 0 Å². The Bertz CT molecular complexity index is 970. The Morgan fingerprint density at radius 1 is 1.14 bits per heavy atom. The second-order valence-electron chi connectivity index (χ2n) is 6.82. The fourth-order valence-electron chi connectivity index (χ4n) is 3.46. The molecule has 2 heterocycles. The molecule has 1 aromatic heterocycles. The Hall–Kier alpha value is -3.28. The van der Waals surface area contributed by atoms with Crippen LogP contribution in [0.1, 0.15) is 35.4 Å². The van der Waals surface area contributed by atoms with Crippen LogP contribution in [0.3, 0.4) is 0 Å². The molecule has 1 aliphatic rings. The average Bonchev–Trinajstić information content (AvgIpc) is 3.19. The van der Waals surface area contributed by atoms with Gasteiger partial charge in [0.1, 0.15) is 11.3 Å². The molecule has 0 bridgehead atoms. The van der Waals surface area contributed by atoms with Gasteiger partial charge >= 0.3 is 5.91 Å². The maximum absolute atomic E-state index is 12.3. The van der Waals surface area contributed by atoms with Crippen molar-refractivity contribution in [3.8, 4) is 5.75 Å². The van der Waals surface area contributed by atoms with Gasteiger partial charge in [-0.25, -0.2) is 5.43 Å². The number of para-hydroxylation sites is 1. The number of carbonyl (C=O) groups excluding carboxylic acids is 1. The number of rotatable bonds is 5. The molecule has 0 unspecified atom stereocenters. The zero-order valence-electron chi connectivity index (χ0n) is 15.9. The maximum Gasteiger partial charge on any atom is 0.307 e. The standard InChI is InChI=1S/C22H23N3O3/c1-27-20-14-18(25-11-5-2-6-12-25)10-9-17(20)15-23-24-22(26)21-13-16-7-3-4-8-19(16)28-21/h3-4,7-10,13-15H,2,5-6,11-12H2,1H3,(H,24,26)/b23-15+. The highest BCUT2D eigenvalue weighted by atomic mass is 16.5. The van der Waals surface area contributed by atoms with Gasteiger partial charge in [0, 0.05) is 35.8 Å². The summed E-state index contributed by atoms with van der Waals surface area (Å²) in [5, 5.41) is 4.94. The van der Waals surface area contributed by atoms with Gasteiger partial charge in [0.15, 0.2) is 5.76 Å². The number of fused-ring (bicyclic) bond motifs is 1. The third-order valence-corrected chi connectivity index (χ3v) is 4.96. The minimum Gasteiger partial charge on any atom is -0.496 e. The lowest BCUT2D eigenvalue weighted by molar-refractivity contribution is 0.0929. The summed E-state index contributed by atoms with van der Waals surface area (Å²) in [6.07, 6.45) is 5.32. The summed E-state index contributed by atoms with van der Waals surface area (Å²) in [5.74, 6) is 0.562. The van der Waals surface area contributed by atoms with E-state index in [4.69, 9.17) is 9.15 Å². The van der Waals surface area contributed by atoms with E-state index in [0.29, 0.717) is 5.58 Å². The van der Waals surface area contributed by atoms with E-state index < -0.39 is 5.91 Å². The summed E-state index contributed by atoms with van der Waals surface area (Å²) in [5.41, 5.74) is 5.13. The van der Waals surface area contributed by atoms with Crippen LogP contribution in [-0.4, -0.2) is 32.3 Å². The number of anilines is 1. The fraction of sp³-hybridized carbons (Fsp3) is 0.273. The summed E-state index contributed by atoms with van der Waals surface area (Å²) < 4.78 is 11.1. The lowest BCUT2D eigenvalue weighted by atomic mass is 10.1. The molecule has 1 N–H and O–H groups in total. The first kappa shape index (κ1) is 18.1. The molecular formula is C22H23N3O3. The van der Waals surface area contributed by atoms with Gasteiger partial charge in [-0.1, -0.05) is 18.2 Å². The van der Waals surface area contributed by atoms with Crippen LogP contribution in [0.15, 0.2) is 58.0 Å². The van der Waals surface area contributed by atoms with Crippen molar-refractivity contribution in [3.05, 3.63) is 59.9 Å². The first-order valence-corrected chi connectivity index (χ1v) is 9.49. The second-order valence-corrected chi connectivity index (χ2v) is 6.82. The molecule has 144 valence electrons. The minimum absolute atomic E-state index is 0.228. The molecule has 4 rings (SSSR count). The number of carbonyl (C=O) groups is 1. The van der Waals surface area contributed by atoms with Gasteiger partial charge in [0.25, 0.3) is 0 Å². The van der Waals surface area contributed by atoms with Crippen molar-refractivity contribution in [1.82, 2.24) is 5.43 Å². The van der Waals surface area contributed by atoms with Crippen molar-refractivity contribution in [2.75, 3.05) is 25.1 Å². The lowest BCUT2D eigenvalue weighted by Gasteiger charge is -2.29. The zero-order valence-corrected chi connectivity index (χ0v) is 15.9. The van der Waals surface area contributed by atoms with Gasteiger partial charge in [0.05, 0.1) is 13.3 Å². The summed E-state index contributed by atoms with van der Waals surface area (Å²) in [6, 6.07) is 15.2. The molecule has 28 heavy (non-hydrogen) atoms. The number of furan rings is 1. The van der Waals surface area contributed by atoms with Crippen LogP contribution in [-0.2, 0) is 0 Å². The minimum atomic E-state index is -0.392. The molecule has 0 radical (unpaired) electrons. The van der Waals surface area contributed by atoms with Crippen LogP contribution in [0, 0.1) is 0 Å². The smallest absolute Gasteiger partial charge is 0.307 e. The van der Waals surface area contributed by atoms with E-state index in [1.807, 2.05) is 36.4 Å². The maximum atomic E-state index is 12.3. The first-order valence-electron chi connectivity index (χ1n) is 9.49. The van der Waals surface area contributed by atoms with Gasteiger partial charge in [0.2, 0.25) is 0 Å². The molecule has 1 aliphatic heterocycles. The number of benzene rings is 2. The number of nitrogens with zero attached hydrogens (tertiary/aromatic N) is 2. The Balaban J connectivity index is 1.45. The van der Waals surface area contributed by atoms with Crippen molar-refractivity contribution in [2.45, 2.75) is 19.3 Å². The number of piperidine rings is 1. The lowest BCUT2D eigenvalue weighted by Crippen LogP contribution is -2.29. The monoisotopic (exact) mass is 377 g/mol. The highest BCUT2D eigenvalue weighted by Crippen LogP contribution is 2.27. The SMILES string of the molecule is COc1cc(N2CCCCC2)ccc1/C=N/NC(=O)c1cc2ccccc2o1. The summed E-state index contributed by atoms with van der Waals surface area (Å²) in [4.78, 5) is 14.6. The van der Waals surface area contributed by atoms with Crippen LogP contribution in [0.25, 0.3) is 11.0 Å². The molecule has 3 aromatic rings. The summed E-state index contributed by atoms with van der Waals surface area (Å²) in [6.45, 7) is 2.15. The quantitative estimate of drug-likeness (QED) is 0.535. The van der Waals surface area contributed by atoms with E-state index in [1.165, 1.54) is 19.3 Å². The highest BCUT2D eigenvalue weighted by molar-refractivity contribution is 5.96. The highest BCUT2D eigenvalue weighted by Gasteiger charge is 2.13. The van der Waals surface area contributed by atoms with Crippen molar-refractivity contribution in [1.29, 1.82) is 0 Å². The zero-order chi connectivity index (χ0) is 19.3. The topological polar surface area (TPSA) is 67.1 Å². The van der Waals surface area contributed by atoms with Gasteiger partial charge in [-0.15, -0.1) is 0 Å². The Morgan fingerprint density at radius 3 is 2.75 bits per heavy atom. The van der Waals surface area contributed by atoms with Crippen LogP contribution >= 0.6 is 0 Å². The van der Waals surface area contributed by atoms with E-state index in [2.05, 4.69) is 21.5 Å². The van der Waals surface area contributed by atoms with E-state index in [9.17, 15) is 4.79 Å². The number of methoxy groups -OCH3 is 1. The van der Waals surface area contributed by atoms with Crippen LogP contribution in [0.5, 0.6) is 5.75 Å². The second kappa shape index (κ2) is 8.17. The predicted octanol–water partition coefficient (Wildman–Crippen LogP) is 4.20. The molecule has 1 fully saturated rings. The van der Waals surface area contributed by atoms with E-state index in [1.54, 1.807) is 19.4 Å². The molecule has 0 spiro atoms. The van der Waals surface area contributed by atoms with Gasteiger partial charge in [-0.05, 0) is 43.5 Å². The predicted molar refractivity (Wildman–Crippen MR) is 110 cm³/mol. The van der Waals surface area contributed by atoms with E-state index >= 15 is 0 Å². The number of nitrogens with one attached hydrogen (secondary N) is 1. The molecule has 2 aromatic carbocycles. The largest absolute Gasteiger partial charge is 0.496 e. The molecule has 0 aliphatic carbocycles. The van der Waals surface area contributed by atoms with E-state index in [0.717, 1.165) is 35.5 Å². The Kier molecular flexibility index (Phi) is 5.28. The molecule has 0 saturated carbocycles. The molecule has 1 saturated heterocycles. The van der Waals surface area contributed by atoms with Crippen molar-refractivity contribution in [2.24, 2.45) is 5.10 Å².